The van der Waals surface area contributed by atoms with Crippen LogP contribution in [0.5, 0.6) is 0 Å². The molecule has 2 aromatic rings. The van der Waals surface area contributed by atoms with Crippen LogP contribution in [-0.2, 0) is 9.59 Å². The third-order valence-electron chi connectivity index (χ3n) is 4.88. The number of hydrogen-bond donors (Lipinski definition) is 2. The number of benzene rings is 1. The molecule has 8 heteroatoms. The van der Waals surface area contributed by atoms with Gasteiger partial charge in [-0.1, -0.05) is 24.3 Å². The number of rotatable bonds is 7. The van der Waals surface area contributed by atoms with E-state index in [0.717, 1.165) is 13.1 Å². The summed E-state index contributed by atoms with van der Waals surface area (Å²) in [5, 5.41) is 7.20. The fourth-order valence-corrected chi connectivity index (χ4v) is 3.82. The topological polar surface area (TPSA) is 81.8 Å². The number of para-hydroxylation sites is 1. The average molecular weight is 415 g/mol. The molecule has 154 valence electrons. The van der Waals surface area contributed by atoms with Gasteiger partial charge in [0, 0.05) is 44.8 Å². The number of nitrogens with one attached hydrogen (secondary N) is 2. The highest BCUT2D eigenvalue weighted by Crippen LogP contribution is 2.15. The third-order valence-corrected chi connectivity index (χ3v) is 5.75. The van der Waals surface area contributed by atoms with E-state index in [4.69, 9.17) is 0 Å². The molecule has 0 bridgehead atoms. The number of hydrogen-bond acceptors (Lipinski definition) is 5. The summed E-state index contributed by atoms with van der Waals surface area (Å²) < 4.78 is 0. The molecule has 3 rings (SSSR count). The lowest BCUT2D eigenvalue weighted by atomic mass is 10.2. The van der Waals surface area contributed by atoms with Crippen molar-refractivity contribution in [1.82, 2.24) is 15.5 Å². The summed E-state index contributed by atoms with van der Waals surface area (Å²) in [5.41, 5.74) is 1.17. The first kappa shape index (κ1) is 20.9. The van der Waals surface area contributed by atoms with Crippen LogP contribution in [-0.4, -0.2) is 61.4 Å². The number of carbonyl (C=O) groups is 3. The Hall–Kier alpha value is -2.87. The van der Waals surface area contributed by atoms with Gasteiger partial charge in [0.05, 0.1) is 4.88 Å². The minimum atomic E-state index is -0.658. The zero-order valence-electron chi connectivity index (χ0n) is 16.5. The molecule has 1 unspecified atom stereocenters. The van der Waals surface area contributed by atoms with Gasteiger partial charge in [0.1, 0.15) is 6.04 Å². The van der Waals surface area contributed by atoms with E-state index in [-0.39, 0.29) is 30.7 Å². The average Bonchev–Trinajstić information content (AvgIpc) is 3.29. The molecular formula is C21H26N4O3S. The molecule has 3 amide bonds. The molecule has 29 heavy (non-hydrogen) atoms. The molecule has 1 aromatic heterocycles. The van der Waals surface area contributed by atoms with Gasteiger partial charge >= 0.3 is 0 Å². The Kier molecular flexibility index (Phi) is 7.24. The first-order chi connectivity index (χ1) is 14.0. The summed E-state index contributed by atoms with van der Waals surface area (Å²) >= 11 is 1.32. The lowest BCUT2D eigenvalue weighted by molar-refractivity contribution is -0.131. The van der Waals surface area contributed by atoms with Crippen molar-refractivity contribution in [2.24, 2.45) is 0 Å². The van der Waals surface area contributed by atoms with E-state index in [0.29, 0.717) is 18.0 Å². The summed E-state index contributed by atoms with van der Waals surface area (Å²) in [4.78, 5) is 41.2. The highest BCUT2D eigenvalue weighted by atomic mass is 32.1. The Morgan fingerprint density at radius 3 is 2.41 bits per heavy atom. The van der Waals surface area contributed by atoms with Crippen molar-refractivity contribution in [3.8, 4) is 0 Å². The van der Waals surface area contributed by atoms with E-state index in [9.17, 15) is 14.4 Å². The lowest BCUT2D eigenvalue weighted by Crippen LogP contribution is -2.50. The lowest BCUT2D eigenvalue weighted by Gasteiger charge is -2.36. The van der Waals surface area contributed by atoms with Gasteiger partial charge in [0.15, 0.2) is 0 Å². The van der Waals surface area contributed by atoms with Crippen LogP contribution in [0.2, 0.25) is 0 Å². The molecule has 1 aliphatic heterocycles. The molecular weight excluding hydrogens is 388 g/mol. The van der Waals surface area contributed by atoms with Crippen molar-refractivity contribution in [3.05, 3.63) is 52.7 Å². The predicted molar refractivity (Wildman–Crippen MR) is 114 cm³/mol. The summed E-state index contributed by atoms with van der Waals surface area (Å²) in [5.74, 6) is -0.528. The van der Waals surface area contributed by atoms with E-state index in [1.54, 1.807) is 19.1 Å². The molecule has 1 fully saturated rings. The molecule has 7 nitrogen and oxygen atoms in total. The van der Waals surface area contributed by atoms with E-state index in [1.807, 2.05) is 28.5 Å². The molecule has 1 aromatic carbocycles. The smallest absolute Gasteiger partial charge is 0.261 e. The van der Waals surface area contributed by atoms with Gasteiger partial charge in [-0.2, -0.15) is 0 Å². The van der Waals surface area contributed by atoms with Crippen molar-refractivity contribution >= 4 is 34.7 Å². The molecule has 1 atom stereocenters. The van der Waals surface area contributed by atoms with Crippen LogP contribution in [0.15, 0.2) is 47.8 Å². The number of amides is 3. The van der Waals surface area contributed by atoms with E-state index < -0.39 is 6.04 Å². The molecule has 1 aliphatic rings. The van der Waals surface area contributed by atoms with Crippen LogP contribution in [0.1, 0.15) is 23.0 Å². The fourth-order valence-electron chi connectivity index (χ4n) is 3.20. The number of thiophene rings is 1. The quantitative estimate of drug-likeness (QED) is 0.723. The van der Waals surface area contributed by atoms with Gasteiger partial charge in [-0.3, -0.25) is 14.4 Å². The van der Waals surface area contributed by atoms with Crippen molar-refractivity contribution in [2.75, 3.05) is 37.6 Å². The Bertz CT molecular complexity index is 818. The Balaban J connectivity index is 1.35. The van der Waals surface area contributed by atoms with Gasteiger partial charge in [0.25, 0.3) is 5.91 Å². The van der Waals surface area contributed by atoms with Crippen molar-refractivity contribution in [2.45, 2.75) is 19.4 Å². The minimum Gasteiger partial charge on any atom is -0.368 e. The van der Waals surface area contributed by atoms with Gasteiger partial charge < -0.3 is 20.4 Å². The molecule has 0 spiro atoms. The van der Waals surface area contributed by atoms with Crippen molar-refractivity contribution in [1.29, 1.82) is 0 Å². The normalized spacial score (nSPS) is 14.9. The summed E-state index contributed by atoms with van der Waals surface area (Å²) in [7, 11) is 0. The van der Waals surface area contributed by atoms with Gasteiger partial charge in [-0.05, 0) is 30.5 Å². The Morgan fingerprint density at radius 2 is 1.76 bits per heavy atom. The SMILES string of the molecule is CC(NC(=O)c1cccs1)C(=O)NCCC(=O)N1CCN(c2ccccc2)CC1. The zero-order valence-corrected chi connectivity index (χ0v) is 17.3. The Morgan fingerprint density at radius 1 is 1.03 bits per heavy atom. The van der Waals surface area contributed by atoms with Gasteiger partial charge in [-0.15, -0.1) is 11.3 Å². The number of anilines is 1. The minimum absolute atomic E-state index is 0.0354. The highest BCUT2D eigenvalue weighted by Gasteiger charge is 2.22. The monoisotopic (exact) mass is 414 g/mol. The number of piperazine rings is 1. The van der Waals surface area contributed by atoms with Crippen LogP contribution in [0.25, 0.3) is 0 Å². The number of carbonyl (C=O) groups excluding carboxylic acids is 3. The standard InChI is InChI=1S/C21H26N4O3S/c1-16(23-21(28)18-8-5-15-29-18)20(27)22-10-9-19(26)25-13-11-24(12-14-25)17-6-3-2-4-7-17/h2-8,15-16H,9-14H2,1H3,(H,22,27)(H,23,28). The van der Waals surface area contributed by atoms with Crippen LogP contribution >= 0.6 is 11.3 Å². The first-order valence-electron chi connectivity index (χ1n) is 9.74. The van der Waals surface area contributed by atoms with Crippen LogP contribution in [0.4, 0.5) is 5.69 Å². The second-order valence-corrected chi connectivity index (χ2v) is 7.86. The largest absolute Gasteiger partial charge is 0.368 e. The molecule has 2 N–H and O–H groups in total. The van der Waals surface area contributed by atoms with Gasteiger partial charge in [-0.25, -0.2) is 0 Å². The van der Waals surface area contributed by atoms with E-state index in [1.165, 1.54) is 17.0 Å². The van der Waals surface area contributed by atoms with Crippen LogP contribution in [0.3, 0.4) is 0 Å². The summed E-state index contributed by atoms with van der Waals surface area (Å²) in [6, 6.07) is 13.0. The summed E-state index contributed by atoms with van der Waals surface area (Å²) in [6.45, 7) is 4.84. The zero-order chi connectivity index (χ0) is 20.6. The fraction of sp³-hybridized carbons (Fsp3) is 0.381. The molecule has 0 radical (unpaired) electrons. The van der Waals surface area contributed by atoms with Crippen LogP contribution in [0, 0.1) is 0 Å². The predicted octanol–water partition coefficient (Wildman–Crippen LogP) is 1.72. The third kappa shape index (κ3) is 5.80. The van der Waals surface area contributed by atoms with Crippen molar-refractivity contribution in [3.63, 3.8) is 0 Å². The van der Waals surface area contributed by atoms with E-state index in [2.05, 4.69) is 27.7 Å². The Labute approximate surface area is 174 Å². The number of nitrogens with zero attached hydrogens (tertiary/aromatic N) is 2. The van der Waals surface area contributed by atoms with E-state index >= 15 is 0 Å². The van der Waals surface area contributed by atoms with Crippen LogP contribution < -0.4 is 15.5 Å². The maximum atomic E-state index is 12.4. The summed E-state index contributed by atoms with van der Waals surface area (Å²) in [6.07, 6.45) is 0.253. The maximum absolute atomic E-state index is 12.4. The van der Waals surface area contributed by atoms with Crippen molar-refractivity contribution < 1.29 is 14.4 Å². The maximum Gasteiger partial charge on any atom is 0.261 e. The second-order valence-electron chi connectivity index (χ2n) is 6.92. The second kappa shape index (κ2) is 10.1. The highest BCUT2D eigenvalue weighted by molar-refractivity contribution is 7.12. The molecule has 0 saturated carbocycles. The molecule has 0 aliphatic carbocycles. The molecule has 2 heterocycles. The van der Waals surface area contributed by atoms with Gasteiger partial charge in [0.2, 0.25) is 11.8 Å². The molecule has 1 saturated heterocycles. The first-order valence-corrected chi connectivity index (χ1v) is 10.6.